The Kier molecular flexibility index (Phi) is 5.73. The SMILES string of the molecule is O=C(O)c1cn(C(CO)CO)c2cnc(Cc3cccc(Cl)c3F)cc2c1=O. The van der Waals surface area contributed by atoms with Crippen LogP contribution in [0.1, 0.15) is 27.7 Å². The third-order valence-electron chi connectivity index (χ3n) is 4.42. The Morgan fingerprint density at radius 1 is 1.29 bits per heavy atom. The van der Waals surface area contributed by atoms with Crippen LogP contribution in [0.15, 0.2) is 41.5 Å². The van der Waals surface area contributed by atoms with Gasteiger partial charge in [-0.25, -0.2) is 9.18 Å². The van der Waals surface area contributed by atoms with E-state index >= 15 is 0 Å². The lowest BCUT2D eigenvalue weighted by Gasteiger charge is -2.19. The molecule has 2 heterocycles. The molecule has 0 unspecified atom stereocenters. The predicted molar refractivity (Wildman–Crippen MR) is 100 cm³/mol. The van der Waals surface area contributed by atoms with Gasteiger partial charge in [0.05, 0.1) is 36.0 Å². The van der Waals surface area contributed by atoms with Gasteiger partial charge in [-0.2, -0.15) is 0 Å². The average molecular weight is 407 g/mol. The lowest BCUT2D eigenvalue weighted by atomic mass is 10.1. The van der Waals surface area contributed by atoms with Crippen LogP contribution in [0.25, 0.3) is 10.9 Å². The second kappa shape index (κ2) is 8.05. The van der Waals surface area contributed by atoms with Crippen molar-refractivity contribution >= 4 is 28.5 Å². The third-order valence-corrected chi connectivity index (χ3v) is 4.72. The van der Waals surface area contributed by atoms with Crippen molar-refractivity contribution in [3.63, 3.8) is 0 Å². The van der Waals surface area contributed by atoms with Crippen LogP contribution in [0.4, 0.5) is 4.39 Å². The fourth-order valence-electron chi connectivity index (χ4n) is 2.96. The van der Waals surface area contributed by atoms with Crippen LogP contribution in [0.5, 0.6) is 0 Å². The monoisotopic (exact) mass is 406 g/mol. The molecule has 3 N–H and O–H groups in total. The maximum atomic E-state index is 14.2. The molecule has 3 rings (SSSR count). The van der Waals surface area contributed by atoms with Crippen LogP contribution < -0.4 is 5.43 Å². The first-order valence-corrected chi connectivity index (χ1v) is 8.66. The summed E-state index contributed by atoms with van der Waals surface area (Å²) in [7, 11) is 0. The van der Waals surface area contributed by atoms with E-state index in [1.54, 1.807) is 6.07 Å². The zero-order valence-corrected chi connectivity index (χ0v) is 15.2. The van der Waals surface area contributed by atoms with Crippen LogP contribution in [-0.4, -0.2) is 44.1 Å². The van der Waals surface area contributed by atoms with Gasteiger partial charge in [0.15, 0.2) is 0 Å². The normalized spacial score (nSPS) is 11.3. The zero-order chi connectivity index (χ0) is 20.4. The highest BCUT2D eigenvalue weighted by atomic mass is 35.5. The molecule has 0 saturated heterocycles. The fourth-order valence-corrected chi connectivity index (χ4v) is 3.15. The Balaban J connectivity index is 2.19. The molecule has 0 spiro atoms. The Morgan fingerprint density at radius 2 is 2.00 bits per heavy atom. The Hall–Kier alpha value is -2.81. The Morgan fingerprint density at radius 3 is 2.64 bits per heavy atom. The molecule has 146 valence electrons. The summed E-state index contributed by atoms with van der Waals surface area (Å²) in [6.07, 6.45) is 2.45. The number of rotatable bonds is 6. The molecule has 0 aliphatic heterocycles. The molecule has 0 fully saturated rings. The summed E-state index contributed by atoms with van der Waals surface area (Å²) in [5, 5.41) is 28.3. The van der Waals surface area contributed by atoms with Gasteiger partial charge in [0.1, 0.15) is 11.4 Å². The smallest absolute Gasteiger partial charge is 0.341 e. The highest BCUT2D eigenvalue weighted by molar-refractivity contribution is 6.30. The van der Waals surface area contributed by atoms with Gasteiger partial charge in [0, 0.05) is 23.7 Å². The molecule has 0 bridgehead atoms. The molecule has 0 aliphatic carbocycles. The van der Waals surface area contributed by atoms with Gasteiger partial charge in [-0.1, -0.05) is 23.7 Å². The molecule has 3 aromatic rings. The minimum atomic E-state index is -1.44. The summed E-state index contributed by atoms with van der Waals surface area (Å²) in [6, 6.07) is 5.07. The van der Waals surface area contributed by atoms with E-state index < -0.39 is 42.0 Å². The number of carboxylic acid groups (broad SMARTS) is 1. The maximum Gasteiger partial charge on any atom is 0.341 e. The van der Waals surface area contributed by atoms with E-state index in [2.05, 4.69) is 4.98 Å². The number of halogens is 2. The largest absolute Gasteiger partial charge is 0.477 e. The minimum Gasteiger partial charge on any atom is -0.477 e. The van der Waals surface area contributed by atoms with Crippen molar-refractivity contribution in [1.82, 2.24) is 9.55 Å². The number of pyridine rings is 2. The van der Waals surface area contributed by atoms with Crippen LogP contribution in [-0.2, 0) is 6.42 Å². The minimum absolute atomic E-state index is 0.0393. The number of fused-ring (bicyclic) bond motifs is 1. The number of aliphatic hydroxyl groups is 2. The van der Waals surface area contributed by atoms with E-state index in [0.29, 0.717) is 5.69 Å². The van der Waals surface area contributed by atoms with Crippen molar-refractivity contribution in [3.8, 4) is 0 Å². The molecule has 28 heavy (non-hydrogen) atoms. The number of aromatic carboxylic acids is 1. The second-order valence-corrected chi connectivity index (χ2v) is 6.59. The predicted octanol–water partition coefficient (Wildman–Crippen LogP) is 2.00. The van der Waals surface area contributed by atoms with E-state index in [4.69, 9.17) is 11.6 Å². The number of carbonyl (C=O) groups is 1. The molecule has 2 aromatic heterocycles. The first kappa shape index (κ1) is 19.9. The van der Waals surface area contributed by atoms with Crippen LogP contribution in [0.2, 0.25) is 5.02 Å². The number of hydrogen-bond acceptors (Lipinski definition) is 5. The molecular formula is C19H16ClFN2O5. The number of carboxylic acids is 1. The first-order chi connectivity index (χ1) is 13.4. The molecule has 0 saturated carbocycles. The van der Waals surface area contributed by atoms with E-state index in [1.165, 1.54) is 29.0 Å². The third kappa shape index (κ3) is 3.62. The molecule has 0 atom stereocenters. The van der Waals surface area contributed by atoms with Gasteiger partial charge in [-0.3, -0.25) is 9.78 Å². The molecule has 7 nitrogen and oxygen atoms in total. The number of aromatic nitrogens is 2. The second-order valence-electron chi connectivity index (χ2n) is 6.19. The highest BCUT2D eigenvalue weighted by Gasteiger charge is 2.19. The fraction of sp³-hybridized carbons (Fsp3) is 0.211. The molecule has 0 aliphatic rings. The number of hydrogen-bond donors (Lipinski definition) is 3. The molecular weight excluding hydrogens is 391 g/mol. The summed E-state index contributed by atoms with van der Waals surface area (Å²) < 4.78 is 15.5. The molecule has 0 radical (unpaired) electrons. The van der Waals surface area contributed by atoms with E-state index in [-0.39, 0.29) is 27.9 Å². The topological polar surface area (TPSA) is 113 Å². The van der Waals surface area contributed by atoms with Crippen molar-refractivity contribution < 1.29 is 24.5 Å². The van der Waals surface area contributed by atoms with E-state index in [1.807, 2.05) is 0 Å². The van der Waals surface area contributed by atoms with Crippen molar-refractivity contribution in [2.24, 2.45) is 0 Å². The van der Waals surface area contributed by atoms with Gasteiger partial charge in [0.25, 0.3) is 0 Å². The van der Waals surface area contributed by atoms with Crippen molar-refractivity contribution in [2.45, 2.75) is 12.5 Å². The van der Waals surface area contributed by atoms with Crippen molar-refractivity contribution in [2.75, 3.05) is 13.2 Å². The maximum absolute atomic E-state index is 14.2. The van der Waals surface area contributed by atoms with E-state index in [0.717, 1.165) is 6.20 Å². The average Bonchev–Trinajstić information content (AvgIpc) is 2.68. The van der Waals surface area contributed by atoms with Crippen LogP contribution in [0.3, 0.4) is 0 Å². The van der Waals surface area contributed by atoms with Gasteiger partial charge >= 0.3 is 5.97 Å². The van der Waals surface area contributed by atoms with Crippen molar-refractivity contribution in [3.05, 3.63) is 74.5 Å². The first-order valence-electron chi connectivity index (χ1n) is 8.29. The number of nitrogens with zero attached hydrogens (tertiary/aromatic N) is 2. The van der Waals surface area contributed by atoms with Crippen LogP contribution in [0, 0.1) is 5.82 Å². The molecule has 0 amide bonds. The van der Waals surface area contributed by atoms with Crippen LogP contribution >= 0.6 is 11.6 Å². The lowest BCUT2D eigenvalue weighted by molar-refractivity contribution is 0.0693. The van der Waals surface area contributed by atoms with E-state index in [9.17, 15) is 29.3 Å². The summed E-state index contributed by atoms with van der Waals surface area (Å²) >= 11 is 5.78. The highest BCUT2D eigenvalue weighted by Crippen LogP contribution is 2.22. The molecule has 1 aromatic carbocycles. The van der Waals surface area contributed by atoms with Gasteiger partial charge in [0.2, 0.25) is 5.43 Å². The summed E-state index contributed by atoms with van der Waals surface area (Å²) in [6.45, 7) is -0.938. The standard InChI is InChI=1S/C19H16ClFN2O5/c20-15-3-1-2-10(17(15)21)4-11-5-13-16(6-22-11)23(12(8-24)9-25)7-14(18(13)26)19(27)28/h1-3,5-7,12,24-25H,4,8-9H2,(H,27,28). The Bertz CT molecular complexity index is 1110. The van der Waals surface area contributed by atoms with Gasteiger partial charge in [-0.15, -0.1) is 0 Å². The zero-order valence-electron chi connectivity index (χ0n) is 14.5. The Labute approximate surface area is 163 Å². The van der Waals surface area contributed by atoms with Gasteiger partial charge < -0.3 is 19.9 Å². The van der Waals surface area contributed by atoms with Gasteiger partial charge in [-0.05, 0) is 17.7 Å². The quantitative estimate of drug-likeness (QED) is 0.577. The number of benzene rings is 1. The molecule has 9 heteroatoms. The van der Waals surface area contributed by atoms with Crippen molar-refractivity contribution in [1.29, 1.82) is 0 Å². The lowest BCUT2D eigenvalue weighted by Crippen LogP contribution is -2.24. The summed E-state index contributed by atoms with van der Waals surface area (Å²) in [4.78, 5) is 28.3. The summed E-state index contributed by atoms with van der Waals surface area (Å²) in [5.74, 6) is -2.03. The summed E-state index contributed by atoms with van der Waals surface area (Å²) in [5.41, 5.74) is -0.380. The number of aliphatic hydroxyl groups excluding tert-OH is 2.